The topological polar surface area (TPSA) is 94.6 Å². The molecule has 0 saturated heterocycles. The molecule has 0 fully saturated rings. The molecule has 0 spiro atoms. The smallest absolute Gasteiger partial charge is 0.302 e. The van der Waals surface area contributed by atoms with Crippen LogP contribution in [0.1, 0.15) is 11.1 Å². The second kappa shape index (κ2) is 10.1. The van der Waals surface area contributed by atoms with Crippen LogP contribution in [0.25, 0.3) is 10.9 Å². The summed E-state index contributed by atoms with van der Waals surface area (Å²) in [6.45, 7) is 2.07. The lowest BCUT2D eigenvalue weighted by Crippen LogP contribution is -2.07. The SMILES string of the molecule is COc1ccc(Cn2c(O)c(N=NC(=O)COc3ccc(C)cc3)c3ccccc32)cc1OC. The highest BCUT2D eigenvalue weighted by atomic mass is 16.5. The maximum absolute atomic E-state index is 12.2. The first-order chi connectivity index (χ1) is 16.5. The second-order valence-corrected chi connectivity index (χ2v) is 7.66. The van der Waals surface area contributed by atoms with Crippen LogP contribution in [0.2, 0.25) is 0 Å². The third-order valence-electron chi connectivity index (χ3n) is 5.35. The van der Waals surface area contributed by atoms with E-state index in [1.807, 2.05) is 61.5 Å². The molecule has 0 atom stereocenters. The number of aromatic nitrogens is 1. The zero-order chi connectivity index (χ0) is 24.1. The van der Waals surface area contributed by atoms with Crippen molar-refractivity contribution in [1.82, 2.24) is 4.57 Å². The van der Waals surface area contributed by atoms with E-state index in [0.29, 0.717) is 29.2 Å². The van der Waals surface area contributed by atoms with E-state index in [9.17, 15) is 9.90 Å². The number of hydrogen-bond donors (Lipinski definition) is 1. The monoisotopic (exact) mass is 459 g/mol. The number of methoxy groups -OCH3 is 2. The fourth-order valence-electron chi connectivity index (χ4n) is 3.61. The largest absolute Gasteiger partial charge is 0.493 e. The van der Waals surface area contributed by atoms with E-state index in [2.05, 4.69) is 10.2 Å². The number of para-hydroxylation sites is 1. The van der Waals surface area contributed by atoms with E-state index in [-0.39, 0.29) is 18.2 Å². The van der Waals surface area contributed by atoms with Crippen molar-refractivity contribution in [2.75, 3.05) is 20.8 Å². The molecule has 8 nitrogen and oxygen atoms in total. The Kier molecular flexibility index (Phi) is 6.77. The molecule has 8 heteroatoms. The molecule has 0 saturated carbocycles. The second-order valence-electron chi connectivity index (χ2n) is 7.66. The molecule has 0 aliphatic carbocycles. The molecule has 4 aromatic rings. The molecule has 1 amide bonds. The number of rotatable bonds is 8. The molecule has 4 rings (SSSR count). The minimum Gasteiger partial charge on any atom is -0.493 e. The van der Waals surface area contributed by atoms with E-state index in [1.165, 1.54) is 0 Å². The van der Waals surface area contributed by atoms with Crippen LogP contribution in [0.3, 0.4) is 0 Å². The van der Waals surface area contributed by atoms with Crippen molar-refractivity contribution in [2.24, 2.45) is 10.2 Å². The van der Waals surface area contributed by atoms with Crippen LogP contribution < -0.4 is 14.2 Å². The van der Waals surface area contributed by atoms with Gasteiger partial charge in [0, 0.05) is 5.39 Å². The number of hydrogen-bond acceptors (Lipinski definition) is 6. The van der Waals surface area contributed by atoms with Gasteiger partial charge in [0.15, 0.2) is 23.8 Å². The predicted octanol–water partition coefficient (Wildman–Crippen LogP) is 5.41. The number of carbonyl (C=O) groups excluding carboxylic acids is 1. The standard InChI is InChI=1S/C26H25N3O5/c1-17-8-11-19(12-9-17)34-16-24(30)27-28-25-20-6-4-5-7-21(20)29(26(25)31)15-18-10-13-22(32-2)23(14-18)33-3/h4-14,31H,15-16H2,1-3H3. The van der Waals surface area contributed by atoms with E-state index in [0.717, 1.165) is 16.6 Å². The fourth-order valence-corrected chi connectivity index (χ4v) is 3.61. The normalized spacial score (nSPS) is 11.1. The molecule has 0 radical (unpaired) electrons. The van der Waals surface area contributed by atoms with E-state index in [1.54, 1.807) is 30.9 Å². The Bertz CT molecular complexity index is 1340. The Labute approximate surface area is 197 Å². The Hall–Kier alpha value is -4.33. The van der Waals surface area contributed by atoms with Crippen LogP contribution >= 0.6 is 0 Å². The molecule has 0 unspecified atom stereocenters. The van der Waals surface area contributed by atoms with Gasteiger partial charge >= 0.3 is 5.91 Å². The summed E-state index contributed by atoms with van der Waals surface area (Å²) in [4.78, 5) is 12.2. The van der Waals surface area contributed by atoms with Gasteiger partial charge in [0.25, 0.3) is 0 Å². The van der Waals surface area contributed by atoms with Crippen LogP contribution in [0.4, 0.5) is 5.69 Å². The number of fused-ring (bicyclic) bond motifs is 1. The van der Waals surface area contributed by atoms with Crippen molar-refractivity contribution in [3.8, 4) is 23.1 Å². The van der Waals surface area contributed by atoms with Crippen molar-refractivity contribution >= 4 is 22.5 Å². The number of azo groups is 1. The first kappa shape index (κ1) is 22.8. The van der Waals surface area contributed by atoms with Crippen LogP contribution in [0.5, 0.6) is 23.1 Å². The summed E-state index contributed by atoms with van der Waals surface area (Å²) in [6.07, 6.45) is 0. The van der Waals surface area contributed by atoms with Gasteiger partial charge in [-0.1, -0.05) is 42.0 Å². The van der Waals surface area contributed by atoms with Gasteiger partial charge in [-0.2, -0.15) is 0 Å². The Morgan fingerprint density at radius 2 is 1.71 bits per heavy atom. The third-order valence-corrected chi connectivity index (χ3v) is 5.35. The molecular formula is C26H25N3O5. The number of ether oxygens (including phenoxy) is 3. The molecule has 1 aromatic heterocycles. The minimum absolute atomic E-state index is 0.0908. The van der Waals surface area contributed by atoms with Crippen LogP contribution in [-0.2, 0) is 11.3 Å². The van der Waals surface area contributed by atoms with Gasteiger partial charge < -0.3 is 23.9 Å². The van der Waals surface area contributed by atoms with Gasteiger partial charge in [0.2, 0.25) is 5.88 Å². The Morgan fingerprint density at radius 1 is 0.971 bits per heavy atom. The zero-order valence-electron chi connectivity index (χ0n) is 19.2. The number of aromatic hydroxyl groups is 1. The summed E-state index contributed by atoms with van der Waals surface area (Å²) in [5.74, 6) is 1.14. The molecule has 1 N–H and O–H groups in total. The number of benzene rings is 3. The lowest BCUT2D eigenvalue weighted by Gasteiger charge is -2.11. The molecular weight excluding hydrogens is 434 g/mol. The van der Waals surface area contributed by atoms with Gasteiger partial charge in [0.05, 0.1) is 26.3 Å². The maximum atomic E-state index is 12.2. The highest BCUT2D eigenvalue weighted by Gasteiger charge is 2.18. The number of nitrogens with zero attached hydrogens (tertiary/aromatic N) is 3. The zero-order valence-corrected chi connectivity index (χ0v) is 19.2. The van der Waals surface area contributed by atoms with Crippen molar-refractivity contribution in [2.45, 2.75) is 13.5 Å². The van der Waals surface area contributed by atoms with Crippen LogP contribution in [0, 0.1) is 6.92 Å². The van der Waals surface area contributed by atoms with Crippen molar-refractivity contribution < 1.29 is 24.1 Å². The minimum atomic E-state index is -0.559. The van der Waals surface area contributed by atoms with Crippen molar-refractivity contribution in [3.63, 3.8) is 0 Å². The average molecular weight is 460 g/mol. The number of carbonyl (C=O) groups is 1. The van der Waals surface area contributed by atoms with Gasteiger partial charge in [-0.3, -0.25) is 4.79 Å². The summed E-state index contributed by atoms with van der Waals surface area (Å²) in [7, 11) is 3.15. The van der Waals surface area contributed by atoms with E-state index in [4.69, 9.17) is 14.2 Å². The van der Waals surface area contributed by atoms with Gasteiger partial charge in [0.1, 0.15) is 5.75 Å². The Morgan fingerprint density at radius 3 is 2.44 bits per heavy atom. The molecule has 3 aromatic carbocycles. The molecule has 0 bridgehead atoms. The van der Waals surface area contributed by atoms with E-state index < -0.39 is 5.91 Å². The molecule has 0 aliphatic rings. The highest BCUT2D eigenvalue weighted by molar-refractivity contribution is 5.95. The fraction of sp³-hybridized carbons (Fsp3) is 0.192. The predicted molar refractivity (Wildman–Crippen MR) is 128 cm³/mol. The first-order valence-electron chi connectivity index (χ1n) is 10.6. The van der Waals surface area contributed by atoms with Crippen LogP contribution in [-0.4, -0.2) is 36.4 Å². The lowest BCUT2D eigenvalue weighted by atomic mass is 10.2. The molecule has 34 heavy (non-hydrogen) atoms. The van der Waals surface area contributed by atoms with Crippen molar-refractivity contribution in [1.29, 1.82) is 0 Å². The van der Waals surface area contributed by atoms with Crippen LogP contribution in [0.15, 0.2) is 77.0 Å². The lowest BCUT2D eigenvalue weighted by molar-refractivity contribution is -0.120. The number of amides is 1. The quantitative estimate of drug-likeness (QED) is 0.356. The summed E-state index contributed by atoms with van der Waals surface area (Å²) in [6, 6.07) is 20.3. The average Bonchev–Trinajstić information content (AvgIpc) is 3.12. The molecule has 1 heterocycles. The van der Waals surface area contributed by atoms with Gasteiger partial charge in [-0.25, -0.2) is 0 Å². The van der Waals surface area contributed by atoms with Crippen molar-refractivity contribution in [3.05, 3.63) is 77.9 Å². The molecule has 174 valence electrons. The van der Waals surface area contributed by atoms with Gasteiger partial charge in [-0.05, 0) is 42.8 Å². The Balaban J connectivity index is 1.57. The highest BCUT2D eigenvalue weighted by Crippen LogP contribution is 2.39. The summed E-state index contributed by atoms with van der Waals surface area (Å²) >= 11 is 0. The first-order valence-corrected chi connectivity index (χ1v) is 10.6. The third kappa shape index (κ3) is 4.85. The summed E-state index contributed by atoms with van der Waals surface area (Å²) in [5, 5.41) is 19.5. The number of aryl methyl sites for hydroxylation is 1. The maximum Gasteiger partial charge on any atom is 0.302 e. The summed E-state index contributed by atoms with van der Waals surface area (Å²) < 4.78 is 17.8. The summed E-state index contributed by atoms with van der Waals surface area (Å²) in [5.41, 5.74) is 2.96. The van der Waals surface area contributed by atoms with E-state index >= 15 is 0 Å². The molecule has 0 aliphatic heterocycles. The van der Waals surface area contributed by atoms with Gasteiger partial charge in [-0.15, -0.1) is 10.2 Å².